The van der Waals surface area contributed by atoms with Gasteiger partial charge in [-0.25, -0.2) is 0 Å². The van der Waals surface area contributed by atoms with Crippen LogP contribution in [0.5, 0.6) is 0 Å². The molecular formula is C30H47NO2. The summed E-state index contributed by atoms with van der Waals surface area (Å²) in [4.78, 5) is 0. The molecule has 1 heterocycles. The zero-order chi connectivity index (χ0) is 23.4. The molecule has 184 valence electrons. The number of fused-ring (bicyclic) bond motifs is 8. The molecule has 0 unspecified atom stereocenters. The Morgan fingerprint density at radius 3 is 2.45 bits per heavy atom. The van der Waals surface area contributed by atoms with Crippen LogP contribution in [-0.4, -0.2) is 16.9 Å². The minimum absolute atomic E-state index is 0.0648. The standard InChI is InChI=1S/C30H47NO2/c1-7-19-10-13-30(18-32)15-14-28(5)21(24(19)30)8-9-23-27(4)16-20-17-31-33-25(20)26(2,3)22(27)11-12-29(23,28)6/h17,19,21-24,32H,7-16,18H2,1-6H3/t19-,21-,22+,23-,24-,27+,28-,29-,30-/m1/s1. The van der Waals surface area contributed by atoms with E-state index in [0.29, 0.717) is 28.8 Å². The highest BCUT2D eigenvalue weighted by Gasteiger charge is 2.70. The van der Waals surface area contributed by atoms with Crippen molar-refractivity contribution in [3.63, 3.8) is 0 Å². The van der Waals surface area contributed by atoms with Gasteiger partial charge in [0.25, 0.3) is 0 Å². The van der Waals surface area contributed by atoms with Crippen molar-refractivity contribution in [2.75, 3.05) is 6.61 Å². The van der Waals surface area contributed by atoms with Crippen LogP contribution in [0.1, 0.15) is 111 Å². The van der Waals surface area contributed by atoms with Crippen molar-refractivity contribution in [1.82, 2.24) is 5.16 Å². The predicted molar refractivity (Wildman–Crippen MR) is 132 cm³/mol. The van der Waals surface area contributed by atoms with Crippen LogP contribution < -0.4 is 0 Å². The van der Waals surface area contributed by atoms with Gasteiger partial charge >= 0.3 is 0 Å². The van der Waals surface area contributed by atoms with E-state index in [1.165, 1.54) is 63.4 Å². The Bertz CT molecular complexity index is 935. The lowest BCUT2D eigenvalue weighted by molar-refractivity contribution is -0.230. The van der Waals surface area contributed by atoms with Crippen LogP contribution in [0, 0.1) is 51.2 Å². The number of aliphatic hydroxyl groups is 1. The number of nitrogens with zero attached hydrogens (tertiary/aromatic N) is 1. The molecule has 0 radical (unpaired) electrons. The molecule has 5 aliphatic rings. The molecule has 3 heteroatoms. The molecule has 6 rings (SSSR count). The summed E-state index contributed by atoms with van der Waals surface area (Å²) in [6, 6.07) is 0. The van der Waals surface area contributed by atoms with Crippen molar-refractivity contribution in [1.29, 1.82) is 0 Å². The Morgan fingerprint density at radius 1 is 0.939 bits per heavy atom. The van der Waals surface area contributed by atoms with Gasteiger partial charge in [0, 0.05) is 17.6 Å². The molecule has 0 spiro atoms. The fraction of sp³-hybridized carbons (Fsp3) is 0.900. The fourth-order valence-corrected chi connectivity index (χ4v) is 11.9. The summed E-state index contributed by atoms with van der Waals surface area (Å²) in [7, 11) is 0. The van der Waals surface area contributed by atoms with Crippen molar-refractivity contribution in [2.24, 2.45) is 51.2 Å². The van der Waals surface area contributed by atoms with Gasteiger partial charge in [0.15, 0.2) is 0 Å². The van der Waals surface area contributed by atoms with Gasteiger partial charge in [-0.1, -0.05) is 53.1 Å². The average molecular weight is 454 g/mol. The highest BCUT2D eigenvalue weighted by molar-refractivity contribution is 5.32. The highest BCUT2D eigenvalue weighted by Crippen LogP contribution is 2.77. The molecule has 0 amide bonds. The van der Waals surface area contributed by atoms with Gasteiger partial charge in [0.05, 0.1) is 6.20 Å². The van der Waals surface area contributed by atoms with Gasteiger partial charge < -0.3 is 9.63 Å². The lowest BCUT2D eigenvalue weighted by Gasteiger charge is -2.72. The van der Waals surface area contributed by atoms with E-state index >= 15 is 0 Å². The van der Waals surface area contributed by atoms with Crippen molar-refractivity contribution in [3.05, 3.63) is 17.5 Å². The molecule has 33 heavy (non-hydrogen) atoms. The highest BCUT2D eigenvalue weighted by atomic mass is 16.5. The van der Waals surface area contributed by atoms with E-state index in [0.717, 1.165) is 35.9 Å². The molecule has 3 nitrogen and oxygen atoms in total. The summed E-state index contributed by atoms with van der Waals surface area (Å²) >= 11 is 0. The molecule has 9 atom stereocenters. The zero-order valence-electron chi connectivity index (χ0n) is 22.0. The SMILES string of the molecule is CC[C@@H]1CC[C@]2(CO)CC[C@]3(C)[C@H](CC[C@@H]4[C@@]5(C)Cc6cnoc6C(C)(C)[C@@H]5CC[C@]43C)[C@@H]12. The molecule has 4 saturated carbocycles. The lowest BCUT2D eigenvalue weighted by Crippen LogP contribution is -2.66. The second-order valence-electron chi connectivity index (χ2n) is 14.5. The van der Waals surface area contributed by atoms with E-state index in [4.69, 9.17) is 4.52 Å². The first-order valence-electron chi connectivity index (χ1n) is 14.1. The quantitative estimate of drug-likeness (QED) is 0.516. The van der Waals surface area contributed by atoms with E-state index in [2.05, 4.69) is 46.7 Å². The maximum absolute atomic E-state index is 10.6. The van der Waals surface area contributed by atoms with Crippen LogP contribution in [0.2, 0.25) is 0 Å². The van der Waals surface area contributed by atoms with Crippen LogP contribution in [-0.2, 0) is 11.8 Å². The van der Waals surface area contributed by atoms with Gasteiger partial charge in [-0.3, -0.25) is 0 Å². The number of aromatic nitrogens is 1. The number of rotatable bonds is 2. The molecule has 1 aromatic heterocycles. The Hall–Kier alpha value is -0.830. The van der Waals surface area contributed by atoms with Crippen LogP contribution >= 0.6 is 0 Å². The molecule has 5 aliphatic carbocycles. The molecule has 1 N–H and O–H groups in total. The van der Waals surface area contributed by atoms with Crippen molar-refractivity contribution in [3.8, 4) is 0 Å². The fourth-order valence-electron chi connectivity index (χ4n) is 11.9. The van der Waals surface area contributed by atoms with Gasteiger partial charge in [-0.05, 0) is 109 Å². The summed E-state index contributed by atoms with van der Waals surface area (Å²) in [5.74, 6) is 4.93. The maximum Gasteiger partial charge on any atom is 0.145 e. The van der Waals surface area contributed by atoms with E-state index in [9.17, 15) is 5.11 Å². The minimum Gasteiger partial charge on any atom is -0.396 e. The molecular weight excluding hydrogens is 406 g/mol. The second kappa shape index (κ2) is 6.89. The summed E-state index contributed by atoms with van der Waals surface area (Å²) in [5.41, 5.74) is 2.75. The predicted octanol–water partition coefficient (Wildman–Crippen LogP) is 7.17. The van der Waals surface area contributed by atoms with E-state index in [1.807, 2.05) is 6.20 Å². The van der Waals surface area contributed by atoms with E-state index < -0.39 is 0 Å². The smallest absolute Gasteiger partial charge is 0.145 e. The number of hydrogen-bond donors (Lipinski definition) is 1. The van der Waals surface area contributed by atoms with Crippen LogP contribution in [0.3, 0.4) is 0 Å². The molecule has 1 aromatic rings. The Kier molecular flexibility index (Phi) is 4.72. The van der Waals surface area contributed by atoms with Gasteiger partial charge in [-0.15, -0.1) is 0 Å². The van der Waals surface area contributed by atoms with Crippen molar-refractivity contribution >= 4 is 0 Å². The number of aliphatic hydroxyl groups excluding tert-OH is 1. The largest absolute Gasteiger partial charge is 0.396 e. The Labute approximate surface area is 201 Å². The van der Waals surface area contributed by atoms with Crippen molar-refractivity contribution < 1.29 is 9.63 Å². The molecule has 0 aliphatic heterocycles. The zero-order valence-corrected chi connectivity index (χ0v) is 22.0. The Morgan fingerprint density at radius 2 is 1.73 bits per heavy atom. The van der Waals surface area contributed by atoms with E-state index in [-0.39, 0.29) is 10.8 Å². The normalized spacial score (nSPS) is 52.3. The third-order valence-corrected chi connectivity index (χ3v) is 13.5. The first-order valence-corrected chi connectivity index (χ1v) is 14.1. The van der Waals surface area contributed by atoms with Gasteiger partial charge in [0.2, 0.25) is 0 Å². The van der Waals surface area contributed by atoms with E-state index in [1.54, 1.807) is 0 Å². The molecule has 0 bridgehead atoms. The Balaban J connectivity index is 1.42. The third-order valence-electron chi connectivity index (χ3n) is 13.5. The summed E-state index contributed by atoms with van der Waals surface area (Å²) < 4.78 is 5.85. The lowest BCUT2D eigenvalue weighted by atomic mass is 9.32. The van der Waals surface area contributed by atoms with Crippen LogP contribution in [0.25, 0.3) is 0 Å². The maximum atomic E-state index is 10.6. The summed E-state index contributed by atoms with van der Waals surface area (Å²) in [6.07, 6.45) is 15.1. The topological polar surface area (TPSA) is 46.3 Å². The van der Waals surface area contributed by atoms with Gasteiger partial charge in [-0.2, -0.15) is 0 Å². The third kappa shape index (κ3) is 2.54. The minimum atomic E-state index is 0.0648. The summed E-state index contributed by atoms with van der Waals surface area (Å²) in [6.45, 7) is 15.7. The first kappa shape index (κ1) is 22.6. The molecule has 0 aromatic carbocycles. The van der Waals surface area contributed by atoms with Crippen LogP contribution in [0.4, 0.5) is 0 Å². The first-order chi connectivity index (χ1) is 15.6. The number of hydrogen-bond acceptors (Lipinski definition) is 3. The molecule has 4 fully saturated rings. The average Bonchev–Trinajstić information content (AvgIpc) is 3.39. The second-order valence-corrected chi connectivity index (χ2v) is 14.5. The van der Waals surface area contributed by atoms with Crippen molar-refractivity contribution in [2.45, 2.75) is 111 Å². The van der Waals surface area contributed by atoms with Crippen LogP contribution in [0.15, 0.2) is 10.7 Å². The monoisotopic (exact) mass is 453 g/mol. The molecule has 0 saturated heterocycles. The summed E-state index contributed by atoms with van der Waals surface area (Å²) in [5, 5.41) is 14.9. The van der Waals surface area contributed by atoms with Gasteiger partial charge in [0.1, 0.15) is 5.76 Å².